The maximum atomic E-state index is 12.5. The molecule has 2 rings (SSSR count). The molecule has 0 bridgehead atoms. The normalized spacial score (nSPS) is 12.8. The summed E-state index contributed by atoms with van der Waals surface area (Å²) in [4.78, 5) is 15.1. The van der Waals surface area contributed by atoms with Gasteiger partial charge in [0.05, 0.1) is 6.04 Å². The van der Waals surface area contributed by atoms with Crippen molar-refractivity contribution in [2.75, 3.05) is 0 Å². The van der Waals surface area contributed by atoms with Crippen LogP contribution in [-0.4, -0.2) is 16.0 Å². The molecule has 1 unspecified atom stereocenters. The van der Waals surface area contributed by atoms with E-state index in [1.165, 1.54) is 0 Å². The zero-order valence-corrected chi connectivity index (χ0v) is 14.1. The minimum atomic E-state index is -4.67. The summed E-state index contributed by atoms with van der Waals surface area (Å²) in [6.07, 6.45) is -1.53. The molecule has 0 fully saturated rings. The van der Waals surface area contributed by atoms with Gasteiger partial charge in [0.2, 0.25) is 11.7 Å². The third-order valence-electron chi connectivity index (χ3n) is 3.74. The number of halogens is 3. The molecule has 0 spiro atoms. The van der Waals surface area contributed by atoms with Gasteiger partial charge >= 0.3 is 12.1 Å². The molecule has 8 heteroatoms. The molecule has 1 amide bonds. The van der Waals surface area contributed by atoms with Crippen molar-refractivity contribution in [2.24, 2.45) is 0 Å². The summed E-state index contributed by atoms with van der Waals surface area (Å²) in [7, 11) is 0. The highest BCUT2D eigenvalue weighted by molar-refractivity contribution is 5.76. The zero-order chi connectivity index (χ0) is 18.4. The minimum absolute atomic E-state index is 0.0434. The van der Waals surface area contributed by atoms with E-state index in [0.717, 1.165) is 24.8 Å². The van der Waals surface area contributed by atoms with Gasteiger partial charge in [0.25, 0.3) is 0 Å². The Morgan fingerprint density at radius 1 is 1.24 bits per heavy atom. The van der Waals surface area contributed by atoms with E-state index in [2.05, 4.69) is 26.9 Å². The number of hydrogen-bond donors (Lipinski definition) is 1. The molecular formula is C17H20F3N3O2. The summed E-state index contributed by atoms with van der Waals surface area (Å²) >= 11 is 0. The lowest BCUT2D eigenvalue weighted by atomic mass is 9.99. The topological polar surface area (TPSA) is 68.0 Å². The first kappa shape index (κ1) is 19.0. The SMILES string of the molecule is CCCCC(NC(=O)CC)c1ccc(-c2noc(C(F)(F)F)n2)cc1. The van der Waals surface area contributed by atoms with Crippen LogP contribution < -0.4 is 5.32 Å². The van der Waals surface area contributed by atoms with Gasteiger partial charge in [-0.15, -0.1) is 0 Å². The number of amides is 1. The van der Waals surface area contributed by atoms with Crippen LogP contribution in [0.3, 0.4) is 0 Å². The highest BCUT2D eigenvalue weighted by atomic mass is 19.4. The Morgan fingerprint density at radius 2 is 1.92 bits per heavy atom. The molecule has 136 valence electrons. The highest BCUT2D eigenvalue weighted by Gasteiger charge is 2.38. The number of alkyl halides is 3. The minimum Gasteiger partial charge on any atom is -0.349 e. The molecule has 25 heavy (non-hydrogen) atoms. The number of aromatic nitrogens is 2. The molecule has 2 aromatic rings. The Labute approximate surface area is 143 Å². The molecule has 1 aromatic heterocycles. The van der Waals surface area contributed by atoms with E-state index in [9.17, 15) is 18.0 Å². The van der Waals surface area contributed by atoms with Gasteiger partial charge in [0.1, 0.15) is 0 Å². The number of rotatable bonds is 7. The second-order valence-corrected chi connectivity index (χ2v) is 5.66. The van der Waals surface area contributed by atoms with Crippen LogP contribution in [0, 0.1) is 0 Å². The Hall–Kier alpha value is -2.38. The Morgan fingerprint density at radius 3 is 2.44 bits per heavy atom. The van der Waals surface area contributed by atoms with E-state index in [1.54, 1.807) is 31.2 Å². The van der Waals surface area contributed by atoms with Crippen molar-refractivity contribution in [1.82, 2.24) is 15.5 Å². The molecule has 0 saturated carbocycles. The van der Waals surface area contributed by atoms with Crippen LogP contribution in [0.4, 0.5) is 13.2 Å². The largest absolute Gasteiger partial charge is 0.471 e. The quantitative estimate of drug-likeness (QED) is 0.793. The van der Waals surface area contributed by atoms with E-state index < -0.39 is 12.1 Å². The van der Waals surface area contributed by atoms with Crippen molar-refractivity contribution in [3.63, 3.8) is 0 Å². The van der Waals surface area contributed by atoms with Crippen molar-refractivity contribution in [1.29, 1.82) is 0 Å². The Balaban J connectivity index is 2.18. The fourth-order valence-corrected chi connectivity index (χ4v) is 2.35. The summed E-state index contributed by atoms with van der Waals surface area (Å²) in [5.74, 6) is -1.54. The Kier molecular flexibility index (Phi) is 6.17. The number of carbonyl (C=O) groups excluding carboxylic acids is 1. The van der Waals surface area contributed by atoms with E-state index in [-0.39, 0.29) is 17.8 Å². The van der Waals surface area contributed by atoms with Crippen molar-refractivity contribution < 1.29 is 22.5 Å². The van der Waals surface area contributed by atoms with Gasteiger partial charge in [-0.3, -0.25) is 4.79 Å². The molecule has 1 N–H and O–H groups in total. The first-order valence-electron chi connectivity index (χ1n) is 8.15. The summed E-state index contributed by atoms with van der Waals surface area (Å²) in [6.45, 7) is 3.85. The van der Waals surface area contributed by atoms with E-state index in [1.807, 2.05) is 0 Å². The van der Waals surface area contributed by atoms with E-state index in [4.69, 9.17) is 0 Å². The Bertz CT molecular complexity index is 696. The van der Waals surface area contributed by atoms with Gasteiger partial charge in [-0.1, -0.05) is 56.1 Å². The zero-order valence-electron chi connectivity index (χ0n) is 14.1. The summed E-state index contributed by atoms with van der Waals surface area (Å²) in [5, 5.41) is 6.33. The number of hydrogen-bond acceptors (Lipinski definition) is 4. The standard InChI is InChI=1S/C17H20F3N3O2/c1-3-5-6-13(21-14(24)4-2)11-7-9-12(10-8-11)15-22-16(25-23-15)17(18,19)20/h7-10,13H,3-6H2,1-2H3,(H,21,24). The number of carbonyl (C=O) groups is 1. The number of nitrogens with one attached hydrogen (secondary N) is 1. The molecule has 1 aromatic carbocycles. The molecule has 5 nitrogen and oxygen atoms in total. The third kappa shape index (κ3) is 5.04. The summed E-state index contributed by atoms with van der Waals surface area (Å²) in [6, 6.07) is 6.64. The molecule has 0 aliphatic heterocycles. The second kappa shape index (κ2) is 8.13. The molecule has 1 atom stereocenters. The molecule has 0 aliphatic carbocycles. The van der Waals surface area contributed by atoms with Crippen LogP contribution >= 0.6 is 0 Å². The fourth-order valence-electron chi connectivity index (χ4n) is 2.35. The maximum absolute atomic E-state index is 12.5. The van der Waals surface area contributed by atoms with Crippen LogP contribution in [0.1, 0.15) is 57.0 Å². The van der Waals surface area contributed by atoms with Crippen LogP contribution in [0.2, 0.25) is 0 Å². The van der Waals surface area contributed by atoms with E-state index >= 15 is 0 Å². The predicted octanol–water partition coefficient (Wildman–Crippen LogP) is 4.51. The van der Waals surface area contributed by atoms with Crippen LogP contribution in [0.5, 0.6) is 0 Å². The first-order chi connectivity index (χ1) is 11.8. The van der Waals surface area contributed by atoms with Crippen LogP contribution in [0.25, 0.3) is 11.4 Å². The number of nitrogens with zero attached hydrogens (tertiary/aromatic N) is 2. The first-order valence-corrected chi connectivity index (χ1v) is 8.15. The van der Waals surface area contributed by atoms with Crippen molar-refractivity contribution >= 4 is 5.91 Å². The summed E-state index contributed by atoms with van der Waals surface area (Å²) < 4.78 is 41.8. The van der Waals surface area contributed by atoms with Gasteiger partial charge in [-0.05, 0) is 12.0 Å². The molecular weight excluding hydrogens is 335 g/mol. The number of benzene rings is 1. The smallest absolute Gasteiger partial charge is 0.349 e. The molecule has 0 radical (unpaired) electrons. The average Bonchev–Trinajstić information content (AvgIpc) is 3.09. The average molecular weight is 355 g/mol. The van der Waals surface area contributed by atoms with Crippen LogP contribution in [-0.2, 0) is 11.0 Å². The fraction of sp³-hybridized carbons (Fsp3) is 0.471. The lowest BCUT2D eigenvalue weighted by Gasteiger charge is -2.19. The molecule has 0 saturated heterocycles. The van der Waals surface area contributed by atoms with Gasteiger partial charge in [-0.2, -0.15) is 18.2 Å². The monoisotopic (exact) mass is 355 g/mol. The van der Waals surface area contributed by atoms with Crippen LogP contribution in [0.15, 0.2) is 28.8 Å². The lowest BCUT2D eigenvalue weighted by molar-refractivity contribution is -0.159. The second-order valence-electron chi connectivity index (χ2n) is 5.66. The molecule has 1 heterocycles. The van der Waals surface area contributed by atoms with Gasteiger partial charge in [-0.25, -0.2) is 0 Å². The third-order valence-corrected chi connectivity index (χ3v) is 3.74. The van der Waals surface area contributed by atoms with Crippen molar-refractivity contribution in [2.45, 2.75) is 51.7 Å². The van der Waals surface area contributed by atoms with E-state index in [0.29, 0.717) is 12.0 Å². The lowest BCUT2D eigenvalue weighted by Crippen LogP contribution is -2.27. The van der Waals surface area contributed by atoms with Crippen molar-refractivity contribution in [3.8, 4) is 11.4 Å². The maximum Gasteiger partial charge on any atom is 0.471 e. The highest BCUT2D eigenvalue weighted by Crippen LogP contribution is 2.30. The number of unbranched alkanes of at least 4 members (excludes halogenated alkanes) is 1. The molecule has 0 aliphatic rings. The van der Waals surface area contributed by atoms with Gasteiger partial charge < -0.3 is 9.84 Å². The van der Waals surface area contributed by atoms with Gasteiger partial charge in [0, 0.05) is 12.0 Å². The predicted molar refractivity (Wildman–Crippen MR) is 85.4 cm³/mol. The summed E-state index contributed by atoms with van der Waals surface area (Å²) in [5.41, 5.74) is 1.30. The van der Waals surface area contributed by atoms with Crippen molar-refractivity contribution in [3.05, 3.63) is 35.7 Å². The van der Waals surface area contributed by atoms with Gasteiger partial charge in [0.15, 0.2) is 0 Å².